The minimum absolute atomic E-state index is 0.0661. The molecule has 0 bridgehead atoms. The molecule has 180 valence electrons. The van der Waals surface area contributed by atoms with Gasteiger partial charge in [-0.1, -0.05) is 25.5 Å². The molecule has 0 amide bonds. The van der Waals surface area contributed by atoms with E-state index < -0.39 is 58.4 Å². The highest BCUT2D eigenvalue weighted by Gasteiger charge is 2.77. The van der Waals surface area contributed by atoms with Crippen molar-refractivity contribution in [3.63, 3.8) is 0 Å². The number of carbonyl (C=O) groups excluding carboxylic acids is 3. The van der Waals surface area contributed by atoms with Crippen molar-refractivity contribution in [3.05, 3.63) is 23.8 Å². The minimum atomic E-state index is -2.02. The molecule has 3 unspecified atom stereocenters. The van der Waals surface area contributed by atoms with Crippen LogP contribution in [-0.2, 0) is 19.1 Å². The first-order valence-electron chi connectivity index (χ1n) is 12.1. The van der Waals surface area contributed by atoms with E-state index in [0.29, 0.717) is 37.7 Å². The van der Waals surface area contributed by atoms with Gasteiger partial charge in [0.25, 0.3) is 0 Å². The van der Waals surface area contributed by atoms with Crippen LogP contribution in [0.25, 0.3) is 0 Å². The zero-order valence-electron chi connectivity index (χ0n) is 19.5. The lowest BCUT2D eigenvalue weighted by molar-refractivity contribution is -0.228. The molecule has 0 aromatic rings. The van der Waals surface area contributed by atoms with E-state index in [1.165, 1.54) is 12.2 Å². The van der Waals surface area contributed by atoms with Gasteiger partial charge in [0.2, 0.25) is 5.78 Å². The van der Waals surface area contributed by atoms with E-state index in [4.69, 9.17) is 4.74 Å². The fraction of sp³-hybridized carbons (Fsp3) is 0.731. The van der Waals surface area contributed by atoms with Crippen LogP contribution in [0, 0.1) is 34.5 Å². The lowest BCUT2D eigenvalue weighted by Gasteiger charge is -2.62. The molecule has 2 N–H and O–H groups in total. The summed E-state index contributed by atoms with van der Waals surface area (Å²) in [6.45, 7) is 4.63. The second-order valence-corrected chi connectivity index (χ2v) is 11.4. The summed E-state index contributed by atoms with van der Waals surface area (Å²) >= 11 is 0. The summed E-state index contributed by atoms with van der Waals surface area (Å²) in [7, 11) is 0. The largest absolute Gasteiger partial charge is 0.450 e. The number of allylic oxidation sites excluding steroid dienone is 4. The maximum absolute atomic E-state index is 17.2. The molecule has 4 fully saturated rings. The van der Waals surface area contributed by atoms with Gasteiger partial charge in [-0.05, 0) is 63.5 Å². The van der Waals surface area contributed by atoms with Gasteiger partial charge >= 0.3 is 5.97 Å². The monoisotopic (exact) mass is 460 g/mol. The fourth-order valence-corrected chi connectivity index (χ4v) is 8.08. The maximum Gasteiger partial charge on any atom is 0.309 e. The molecule has 0 radical (unpaired) electrons. The summed E-state index contributed by atoms with van der Waals surface area (Å²) in [5.41, 5.74) is -5.05. The summed E-state index contributed by atoms with van der Waals surface area (Å²) < 4.78 is 23.2. The first kappa shape index (κ1) is 22.9. The Labute approximate surface area is 193 Å². The Hall–Kier alpha value is -1.86. The summed E-state index contributed by atoms with van der Waals surface area (Å²) in [4.78, 5) is 38.1. The molecule has 0 aliphatic heterocycles. The van der Waals surface area contributed by atoms with Crippen LogP contribution in [0.15, 0.2) is 23.8 Å². The average Bonchev–Trinajstić information content (AvgIpc) is 3.58. The predicted octanol–water partition coefficient (Wildman–Crippen LogP) is 2.86. The zero-order valence-corrected chi connectivity index (χ0v) is 19.5. The van der Waals surface area contributed by atoms with Crippen LogP contribution in [0.2, 0.25) is 0 Å². The number of ketones is 2. The van der Waals surface area contributed by atoms with Gasteiger partial charge in [-0.2, -0.15) is 0 Å². The van der Waals surface area contributed by atoms with Crippen LogP contribution < -0.4 is 0 Å². The smallest absolute Gasteiger partial charge is 0.309 e. The number of ether oxygens (including phenoxy) is 1. The highest BCUT2D eigenvalue weighted by atomic mass is 19.1. The number of carbonyl (C=O) groups is 3. The van der Waals surface area contributed by atoms with Gasteiger partial charge in [-0.15, -0.1) is 0 Å². The van der Waals surface area contributed by atoms with Gasteiger partial charge in [0.05, 0.1) is 12.0 Å². The van der Waals surface area contributed by atoms with Gasteiger partial charge in [-0.3, -0.25) is 14.4 Å². The number of halogens is 1. The Morgan fingerprint density at radius 1 is 1.21 bits per heavy atom. The van der Waals surface area contributed by atoms with Gasteiger partial charge in [0.1, 0.15) is 6.61 Å². The van der Waals surface area contributed by atoms with Crippen LogP contribution in [-0.4, -0.2) is 51.7 Å². The Kier molecular flexibility index (Phi) is 4.91. The molecule has 0 heterocycles. The quantitative estimate of drug-likeness (QED) is 0.626. The van der Waals surface area contributed by atoms with Crippen molar-refractivity contribution in [3.8, 4) is 0 Å². The number of hydrogen-bond acceptors (Lipinski definition) is 6. The van der Waals surface area contributed by atoms with Crippen LogP contribution >= 0.6 is 0 Å². The van der Waals surface area contributed by atoms with Crippen LogP contribution in [0.1, 0.15) is 59.3 Å². The van der Waals surface area contributed by atoms with E-state index in [2.05, 4.69) is 0 Å². The molecule has 0 aromatic heterocycles. The predicted molar refractivity (Wildman–Crippen MR) is 117 cm³/mol. The summed E-state index contributed by atoms with van der Waals surface area (Å²) in [6.07, 6.45) is 5.83. The van der Waals surface area contributed by atoms with E-state index >= 15 is 4.39 Å². The number of esters is 1. The third-order valence-corrected chi connectivity index (χ3v) is 9.91. The summed E-state index contributed by atoms with van der Waals surface area (Å²) in [5, 5.41) is 21.3. The van der Waals surface area contributed by atoms with E-state index in [-0.39, 0.29) is 24.0 Å². The highest BCUT2D eigenvalue weighted by molar-refractivity contribution is 6.01. The molecule has 6 nitrogen and oxygen atoms in total. The van der Waals surface area contributed by atoms with Crippen molar-refractivity contribution in [1.82, 2.24) is 0 Å². The van der Waals surface area contributed by atoms with Crippen molar-refractivity contribution in [2.75, 3.05) is 6.61 Å². The van der Waals surface area contributed by atoms with Gasteiger partial charge in [0, 0.05) is 22.7 Å². The summed E-state index contributed by atoms with van der Waals surface area (Å²) in [6, 6.07) is 0. The SMILES string of the molecule is C[C@@H]1CC2C3CCC4=CC(=O)C=C[C@]4(C)[C@@]3(F)C(O)C[C@]2(C)[C@@]1(OC(=O)C1CC1)C(=O)CO. The number of Topliss-reactive ketones (excluding diaryl/α,β-unsaturated/α-hetero) is 1. The van der Waals surface area contributed by atoms with E-state index in [9.17, 15) is 24.6 Å². The fourth-order valence-electron chi connectivity index (χ4n) is 8.08. The van der Waals surface area contributed by atoms with E-state index in [0.717, 1.165) is 0 Å². The van der Waals surface area contributed by atoms with Crippen molar-refractivity contribution < 1.29 is 33.7 Å². The zero-order chi connectivity index (χ0) is 24.0. The van der Waals surface area contributed by atoms with Gasteiger partial charge in [-0.25, -0.2) is 4.39 Å². The normalized spacial score (nSPS) is 48.4. The second kappa shape index (κ2) is 7.08. The van der Waals surface area contributed by atoms with Gasteiger partial charge < -0.3 is 14.9 Å². The molecule has 4 saturated carbocycles. The Morgan fingerprint density at radius 2 is 1.91 bits per heavy atom. The van der Waals surface area contributed by atoms with Crippen LogP contribution in [0.4, 0.5) is 4.39 Å². The first-order valence-corrected chi connectivity index (χ1v) is 12.1. The topological polar surface area (TPSA) is 101 Å². The summed E-state index contributed by atoms with van der Waals surface area (Å²) in [5.74, 6) is -2.74. The molecule has 0 saturated heterocycles. The van der Waals surface area contributed by atoms with Crippen molar-refractivity contribution in [2.45, 2.75) is 76.7 Å². The number of alkyl halides is 1. The molecule has 5 aliphatic carbocycles. The van der Waals surface area contributed by atoms with Crippen molar-refractivity contribution in [1.29, 1.82) is 0 Å². The van der Waals surface area contributed by atoms with E-state index in [1.807, 2.05) is 13.8 Å². The maximum atomic E-state index is 17.2. The number of aliphatic hydroxyl groups is 2. The number of rotatable bonds is 4. The number of fused-ring (bicyclic) bond motifs is 5. The lowest BCUT2D eigenvalue weighted by atomic mass is 9.44. The molecule has 0 aromatic carbocycles. The first-order chi connectivity index (χ1) is 15.5. The average molecular weight is 461 g/mol. The molecule has 8 atom stereocenters. The number of aliphatic hydroxyl groups excluding tert-OH is 2. The second-order valence-electron chi connectivity index (χ2n) is 11.4. The lowest BCUT2D eigenvalue weighted by Crippen LogP contribution is -2.70. The standard InChI is InChI=1S/C26H33FO6/c1-14-10-19-18-7-6-16-11-17(29)8-9-23(16,2)25(18,27)20(30)12-24(19,3)26(14,21(31)13-28)33-22(32)15-4-5-15/h8-9,11,14-15,18-20,28,30H,4-7,10,12-13H2,1-3H3/t14-,18?,19?,20?,23+,24+,25+,26+/m1/s1. The highest BCUT2D eigenvalue weighted by Crippen LogP contribution is 2.71. The van der Waals surface area contributed by atoms with Crippen LogP contribution in [0.3, 0.4) is 0 Å². The third kappa shape index (κ3) is 2.69. The Morgan fingerprint density at radius 3 is 2.55 bits per heavy atom. The van der Waals surface area contributed by atoms with Crippen molar-refractivity contribution in [2.24, 2.45) is 34.5 Å². The van der Waals surface area contributed by atoms with Crippen molar-refractivity contribution >= 4 is 17.5 Å². The van der Waals surface area contributed by atoms with Gasteiger partial charge in [0.15, 0.2) is 17.1 Å². The molecular weight excluding hydrogens is 427 g/mol. The minimum Gasteiger partial charge on any atom is -0.450 e. The molecule has 5 rings (SSSR count). The molecule has 7 heteroatoms. The molecular formula is C26H33FO6. The Bertz CT molecular complexity index is 983. The third-order valence-electron chi connectivity index (χ3n) is 9.91. The van der Waals surface area contributed by atoms with E-state index in [1.54, 1.807) is 13.0 Å². The number of hydrogen-bond donors (Lipinski definition) is 2. The Balaban J connectivity index is 1.61. The molecule has 33 heavy (non-hydrogen) atoms. The molecule has 0 spiro atoms. The van der Waals surface area contributed by atoms with Crippen LogP contribution in [0.5, 0.6) is 0 Å². The molecule has 5 aliphatic rings.